The standard InChI is InChI=1S/C24H27N3O2.ClH/c1-17(26-14-18-5-6-20-15-25-11-9-19(20)12-18)4-3-10-24(2,28)21-7-8-23-22(13-21)27-16-29-23;/h5-9,11-13,15-17,26,28H,3-4,10,14H2,1-2H3;1H/t17-,24?;/m1./s1. The SMILES string of the molecule is C[C@H](CCCC(C)(O)c1ccc2ocnc2c1)NCc1ccc2cnccc2c1.Cl. The second kappa shape index (κ2) is 9.56. The summed E-state index contributed by atoms with van der Waals surface area (Å²) in [7, 11) is 0. The van der Waals surface area contributed by atoms with Crippen LogP contribution in [-0.4, -0.2) is 21.1 Å². The smallest absolute Gasteiger partial charge is 0.181 e. The van der Waals surface area contributed by atoms with E-state index in [1.54, 1.807) is 0 Å². The highest BCUT2D eigenvalue weighted by Gasteiger charge is 2.23. The molecule has 0 aliphatic heterocycles. The number of aromatic nitrogens is 2. The molecule has 4 rings (SSSR count). The van der Waals surface area contributed by atoms with Gasteiger partial charge in [0, 0.05) is 30.4 Å². The van der Waals surface area contributed by atoms with Gasteiger partial charge < -0.3 is 14.8 Å². The molecule has 1 unspecified atom stereocenters. The minimum atomic E-state index is -0.876. The van der Waals surface area contributed by atoms with Gasteiger partial charge in [0.1, 0.15) is 5.52 Å². The van der Waals surface area contributed by atoms with Crippen molar-refractivity contribution in [3.05, 3.63) is 72.4 Å². The number of aliphatic hydroxyl groups is 1. The predicted octanol–water partition coefficient (Wildman–Crippen LogP) is 5.35. The first-order chi connectivity index (χ1) is 14.0. The molecule has 0 aliphatic rings. The monoisotopic (exact) mass is 425 g/mol. The molecule has 2 N–H and O–H groups in total. The van der Waals surface area contributed by atoms with Gasteiger partial charge in [0.25, 0.3) is 0 Å². The fourth-order valence-corrected chi connectivity index (χ4v) is 3.73. The summed E-state index contributed by atoms with van der Waals surface area (Å²) in [6.07, 6.45) is 7.78. The summed E-state index contributed by atoms with van der Waals surface area (Å²) in [5.41, 5.74) is 2.80. The maximum atomic E-state index is 10.9. The molecule has 2 atom stereocenters. The van der Waals surface area contributed by atoms with Gasteiger partial charge in [-0.25, -0.2) is 4.98 Å². The Labute approximate surface area is 183 Å². The number of fused-ring (bicyclic) bond motifs is 2. The molecule has 0 radical (unpaired) electrons. The molecule has 30 heavy (non-hydrogen) atoms. The second-order valence-electron chi connectivity index (χ2n) is 8.04. The predicted molar refractivity (Wildman–Crippen MR) is 123 cm³/mol. The van der Waals surface area contributed by atoms with Crippen LogP contribution in [0.2, 0.25) is 0 Å². The van der Waals surface area contributed by atoms with E-state index in [0.717, 1.165) is 41.4 Å². The number of pyridine rings is 1. The molecular weight excluding hydrogens is 398 g/mol. The number of nitrogens with zero attached hydrogens (tertiary/aromatic N) is 2. The molecule has 0 bridgehead atoms. The van der Waals surface area contributed by atoms with Crippen molar-refractivity contribution in [2.75, 3.05) is 0 Å². The summed E-state index contributed by atoms with van der Waals surface area (Å²) in [4.78, 5) is 8.34. The van der Waals surface area contributed by atoms with E-state index >= 15 is 0 Å². The summed E-state index contributed by atoms with van der Waals surface area (Å²) < 4.78 is 5.28. The van der Waals surface area contributed by atoms with Gasteiger partial charge in [-0.1, -0.05) is 18.2 Å². The quantitative estimate of drug-likeness (QED) is 0.398. The van der Waals surface area contributed by atoms with Crippen LogP contribution in [0.3, 0.4) is 0 Å². The first-order valence-corrected chi connectivity index (χ1v) is 10.1. The summed E-state index contributed by atoms with van der Waals surface area (Å²) in [6, 6.07) is 14.6. The van der Waals surface area contributed by atoms with E-state index in [4.69, 9.17) is 4.42 Å². The van der Waals surface area contributed by atoms with E-state index in [2.05, 4.69) is 40.4 Å². The number of halogens is 1. The van der Waals surface area contributed by atoms with Crippen LogP contribution in [0.4, 0.5) is 0 Å². The van der Waals surface area contributed by atoms with Crippen LogP contribution >= 0.6 is 12.4 Å². The minimum Gasteiger partial charge on any atom is -0.443 e. The van der Waals surface area contributed by atoms with Crippen molar-refractivity contribution < 1.29 is 9.52 Å². The number of hydrogen-bond acceptors (Lipinski definition) is 5. The summed E-state index contributed by atoms with van der Waals surface area (Å²) in [6.45, 7) is 4.90. The maximum absolute atomic E-state index is 10.9. The van der Waals surface area contributed by atoms with Crippen molar-refractivity contribution >= 4 is 34.3 Å². The molecule has 0 amide bonds. The Morgan fingerprint density at radius 2 is 2.00 bits per heavy atom. The molecular formula is C24H28ClN3O2. The van der Waals surface area contributed by atoms with Crippen molar-refractivity contribution in [3.8, 4) is 0 Å². The van der Waals surface area contributed by atoms with Crippen LogP contribution in [-0.2, 0) is 12.1 Å². The molecule has 4 aromatic rings. The average molecular weight is 426 g/mol. The normalized spacial score (nSPS) is 14.4. The number of rotatable bonds is 8. The number of benzene rings is 2. The zero-order valence-corrected chi connectivity index (χ0v) is 18.2. The van der Waals surface area contributed by atoms with Crippen LogP contribution in [0.1, 0.15) is 44.2 Å². The molecule has 0 spiro atoms. The maximum Gasteiger partial charge on any atom is 0.181 e. The highest BCUT2D eigenvalue weighted by Crippen LogP contribution is 2.29. The van der Waals surface area contributed by atoms with E-state index in [-0.39, 0.29) is 12.4 Å². The first kappa shape index (κ1) is 22.2. The first-order valence-electron chi connectivity index (χ1n) is 10.1. The Balaban J connectivity index is 0.00000256. The molecule has 2 heterocycles. The van der Waals surface area contributed by atoms with Gasteiger partial charge in [-0.05, 0) is 73.9 Å². The lowest BCUT2D eigenvalue weighted by Gasteiger charge is -2.24. The summed E-state index contributed by atoms with van der Waals surface area (Å²) in [5, 5.41) is 16.9. The number of hydrogen-bond donors (Lipinski definition) is 2. The van der Waals surface area contributed by atoms with Gasteiger partial charge in [-0.3, -0.25) is 4.98 Å². The molecule has 2 aromatic heterocycles. The van der Waals surface area contributed by atoms with Crippen molar-refractivity contribution in [2.45, 2.75) is 51.3 Å². The van der Waals surface area contributed by atoms with Gasteiger partial charge in [0.2, 0.25) is 0 Å². The minimum absolute atomic E-state index is 0. The van der Waals surface area contributed by atoms with Gasteiger partial charge in [-0.15, -0.1) is 12.4 Å². The molecule has 2 aromatic carbocycles. The molecule has 158 valence electrons. The van der Waals surface area contributed by atoms with Crippen LogP contribution in [0.15, 0.2) is 65.7 Å². The zero-order chi connectivity index (χ0) is 20.3. The average Bonchev–Trinajstić information content (AvgIpc) is 3.20. The van der Waals surface area contributed by atoms with Crippen LogP contribution in [0.5, 0.6) is 0 Å². The third-order valence-electron chi connectivity index (χ3n) is 5.61. The van der Waals surface area contributed by atoms with Crippen LogP contribution < -0.4 is 5.32 Å². The van der Waals surface area contributed by atoms with Gasteiger partial charge in [-0.2, -0.15) is 0 Å². The largest absolute Gasteiger partial charge is 0.443 e. The van der Waals surface area contributed by atoms with Crippen LogP contribution in [0, 0.1) is 0 Å². The van der Waals surface area contributed by atoms with Crippen LogP contribution in [0.25, 0.3) is 21.9 Å². The Bertz CT molecular complexity index is 1110. The van der Waals surface area contributed by atoms with Gasteiger partial charge >= 0.3 is 0 Å². The lowest BCUT2D eigenvalue weighted by Crippen LogP contribution is -2.27. The highest BCUT2D eigenvalue weighted by atomic mass is 35.5. The lowest BCUT2D eigenvalue weighted by atomic mass is 9.89. The molecule has 6 heteroatoms. The topological polar surface area (TPSA) is 71.2 Å². The molecule has 0 saturated carbocycles. The molecule has 0 aliphatic carbocycles. The number of nitrogens with one attached hydrogen (secondary N) is 1. The van der Waals surface area contributed by atoms with E-state index in [1.165, 1.54) is 17.3 Å². The van der Waals surface area contributed by atoms with E-state index in [9.17, 15) is 5.11 Å². The third-order valence-corrected chi connectivity index (χ3v) is 5.61. The summed E-state index contributed by atoms with van der Waals surface area (Å²) >= 11 is 0. The molecule has 0 saturated heterocycles. The van der Waals surface area contributed by atoms with E-state index in [0.29, 0.717) is 12.5 Å². The molecule has 5 nitrogen and oxygen atoms in total. The fraction of sp³-hybridized carbons (Fsp3) is 0.333. The zero-order valence-electron chi connectivity index (χ0n) is 17.3. The Morgan fingerprint density at radius 1 is 1.13 bits per heavy atom. The highest BCUT2D eigenvalue weighted by molar-refractivity contribution is 5.85. The van der Waals surface area contributed by atoms with Crippen molar-refractivity contribution in [2.24, 2.45) is 0 Å². The summed E-state index contributed by atoms with van der Waals surface area (Å²) in [5.74, 6) is 0. The lowest BCUT2D eigenvalue weighted by molar-refractivity contribution is 0.0445. The second-order valence-corrected chi connectivity index (χ2v) is 8.04. The van der Waals surface area contributed by atoms with Gasteiger partial charge in [0.15, 0.2) is 12.0 Å². The Kier molecular flexibility index (Phi) is 7.08. The Hall–Kier alpha value is -2.47. The third kappa shape index (κ3) is 5.17. The van der Waals surface area contributed by atoms with Gasteiger partial charge in [0.05, 0.1) is 5.60 Å². The Morgan fingerprint density at radius 3 is 2.87 bits per heavy atom. The van der Waals surface area contributed by atoms with E-state index < -0.39 is 5.60 Å². The van der Waals surface area contributed by atoms with Crippen molar-refractivity contribution in [1.82, 2.24) is 15.3 Å². The van der Waals surface area contributed by atoms with Crippen molar-refractivity contribution in [1.29, 1.82) is 0 Å². The number of oxazole rings is 1. The fourth-order valence-electron chi connectivity index (χ4n) is 3.73. The molecule has 0 fully saturated rings. The van der Waals surface area contributed by atoms with Crippen molar-refractivity contribution in [3.63, 3.8) is 0 Å². The van der Waals surface area contributed by atoms with E-state index in [1.807, 2.05) is 43.6 Å².